The van der Waals surface area contributed by atoms with Gasteiger partial charge in [0.1, 0.15) is 0 Å². The average Bonchev–Trinajstić information content (AvgIpc) is 3.28. The summed E-state index contributed by atoms with van der Waals surface area (Å²) in [5, 5.41) is 3.35. The predicted molar refractivity (Wildman–Crippen MR) is 80.8 cm³/mol. The van der Waals surface area contributed by atoms with Crippen LogP contribution in [0.3, 0.4) is 0 Å². The van der Waals surface area contributed by atoms with E-state index < -0.39 is 0 Å². The number of carbonyl (C=O) groups is 1. The molecule has 2 aliphatic rings. The fourth-order valence-electron chi connectivity index (χ4n) is 3.39. The monoisotopic (exact) mass is 272 g/mol. The summed E-state index contributed by atoms with van der Waals surface area (Å²) in [6, 6.07) is 10.5. The van der Waals surface area contributed by atoms with Crippen LogP contribution in [0.15, 0.2) is 30.3 Å². The first kappa shape index (κ1) is 13.8. The molecule has 1 aromatic rings. The number of piperazine rings is 1. The largest absolute Gasteiger partial charge is 0.314 e. The zero-order valence-electron chi connectivity index (χ0n) is 12.4. The van der Waals surface area contributed by atoms with Crippen LogP contribution in [0.1, 0.15) is 31.7 Å². The summed E-state index contributed by atoms with van der Waals surface area (Å²) in [6.07, 6.45) is 1.03. The van der Waals surface area contributed by atoms with Crippen molar-refractivity contribution in [2.75, 3.05) is 26.2 Å². The summed E-state index contributed by atoms with van der Waals surface area (Å²) in [5.74, 6) is 1.10. The van der Waals surface area contributed by atoms with Gasteiger partial charge in [0.05, 0.1) is 5.54 Å². The van der Waals surface area contributed by atoms with E-state index in [-0.39, 0.29) is 11.5 Å². The number of nitrogens with one attached hydrogen (secondary N) is 1. The second kappa shape index (κ2) is 5.30. The van der Waals surface area contributed by atoms with Crippen molar-refractivity contribution in [2.24, 2.45) is 5.92 Å². The minimum atomic E-state index is -0.323. The zero-order valence-corrected chi connectivity index (χ0v) is 12.4. The molecule has 1 aromatic carbocycles. The van der Waals surface area contributed by atoms with Gasteiger partial charge >= 0.3 is 0 Å². The van der Waals surface area contributed by atoms with Gasteiger partial charge in [-0.3, -0.25) is 9.69 Å². The van der Waals surface area contributed by atoms with Crippen molar-refractivity contribution < 1.29 is 4.79 Å². The fraction of sp³-hybridized carbons (Fsp3) is 0.588. The van der Waals surface area contributed by atoms with Gasteiger partial charge in [-0.25, -0.2) is 0 Å². The SMILES string of the molecule is CC(C)(C(=O)C1CC1c1ccccc1)N1CCNCC1. The highest BCUT2D eigenvalue weighted by molar-refractivity contribution is 5.92. The van der Waals surface area contributed by atoms with E-state index in [9.17, 15) is 4.79 Å². The molecule has 0 bridgehead atoms. The molecule has 0 aromatic heterocycles. The van der Waals surface area contributed by atoms with Crippen LogP contribution < -0.4 is 5.32 Å². The standard InChI is InChI=1S/C17H24N2O/c1-17(2,19-10-8-18-9-11-19)16(20)15-12-14(15)13-6-4-3-5-7-13/h3-7,14-15,18H,8-12H2,1-2H3. The Balaban J connectivity index is 1.67. The highest BCUT2D eigenvalue weighted by Crippen LogP contribution is 2.50. The van der Waals surface area contributed by atoms with Crippen LogP contribution in [0.2, 0.25) is 0 Å². The van der Waals surface area contributed by atoms with Crippen molar-refractivity contribution in [1.82, 2.24) is 10.2 Å². The molecule has 1 N–H and O–H groups in total. The lowest BCUT2D eigenvalue weighted by Gasteiger charge is -2.40. The van der Waals surface area contributed by atoms with Crippen LogP contribution in [0.5, 0.6) is 0 Å². The van der Waals surface area contributed by atoms with Gasteiger partial charge < -0.3 is 5.32 Å². The molecule has 0 radical (unpaired) electrons. The minimum absolute atomic E-state index is 0.224. The first-order valence-electron chi connectivity index (χ1n) is 7.66. The van der Waals surface area contributed by atoms with Gasteiger partial charge in [0.2, 0.25) is 0 Å². The van der Waals surface area contributed by atoms with Gasteiger partial charge in [-0.05, 0) is 31.7 Å². The molecule has 2 atom stereocenters. The first-order valence-corrected chi connectivity index (χ1v) is 7.66. The third kappa shape index (κ3) is 2.52. The van der Waals surface area contributed by atoms with E-state index in [1.807, 2.05) is 6.07 Å². The topological polar surface area (TPSA) is 32.3 Å². The van der Waals surface area contributed by atoms with Gasteiger partial charge in [-0.1, -0.05) is 30.3 Å². The molecule has 1 aliphatic carbocycles. The summed E-state index contributed by atoms with van der Waals surface area (Å²) in [4.78, 5) is 15.2. The van der Waals surface area contributed by atoms with Gasteiger partial charge in [0.25, 0.3) is 0 Å². The molecule has 1 saturated carbocycles. The third-order valence-electron chi connectivity index (χ3n) is 4.87. The summed E-state index contributed by atoms with van der Waals surface area (Å²) in [5.41, 5.74) is 0.998. The maximum atomic E-state index is 12.8. The van der Waals surface area contributed by atoms with Crippen molar-refractivity contribution >= 4 is 5.78 Å². The number of nitrogens with zero attached hydrogens (tertiary/aromatic N) is 1. The Morgan fingerprint density at radius 1 is 1.20 bits per heavy atom. The van der Waals surface area contributed by atoms with Crippen LogP contribution in [-0.4, -0.2) is 42.4 Å². The number of hydrogen-bond acceptors (Lipinski definition) is 3. The molecule has 3 heteroatoms. The molecular weight excluding hydrogens is 248 g/mol. The Labute approximate surface area is 121 Å². The predicted octanol–water partition coefficient (Wildman–Crippen LogP) is 2.04. The van der Waals surface area contributed by atoms with E-state index in [1.54, 1.807) is 0 Å². The van der Waals surface area contributed by atoms with E-state index in [0.717, 1.165) is 32.6 Å². The molecule has 3 rings (SSSR count). The number of carbonyl (C=O) groups excluding carboxylic acids is 1. The van der Waals surface area contributed by atoms with Crippen LogP contribution in [0.25, 0.3) is 0 Å². The van der Waals surface area contributed by atoms with Crippen LogP contribution in [0, 0.1) is 5.92 Å². The maximum absolute atomic E-state index is 12.8. The molecule has 0 amide bonds. The second-order valence-electron chi connectivity index (χ2n) is 6.52. The molecule has 1 aliphatic heterocycles. The molecule has 108 valence electrons. The van der Waals surface area contributed by atoms with Crippen LogP contribution in [-0.2, 0) is 4.79 Å². The van der Waals surface area contributed by atoms with Gasteiger partial charge in [0, 0.05) is 32.1 Å². The molecule has 0 spiro atoms. The fourth-order valence-corrected chi connectivity index (χ4v) is 3.39. The van der Waals surface area contributed by atoms with Gasteiger partial charge in [0.15, 0.2) is 5.78 Å². The lowest BCUT2D eigenvalue weighted by molar-refractivity contribution is -0.131. The number of benzene rings is 1. The second-order valence-corrected chi connectivity index (χ2v) is 6.52. The quantitative estimate of drug-likeness (QED) is 0.910. The van der Waals surface area contributed by atoms with Gasteiger partial charge in [-0.15, -0.1) is 0 Å². The third-order valence-corrected chi connectivity index (χ3v) is 4.87. The Bertz CT molecular complexity index is 477. The van der Waals surface area contributed by atoms with E-state index in [0.29, 0.717) is 11.7 Å². The molecule has 2 unspecified atom stereocenters. The number of Topliss-reactive ketones (excluding diaryl/α,β-unsaturated/α-hetero) is 1. The Morgan fingerprint density at radius 2 is 1.85 bits per heavy atom. The number of hydrogen-bond donors (Lipinski definition) is 1. The van der Waals surface area contributed by atoms with Crippen molar-refractivity contribution in [1.29, 1.82) is 0 Å². The highest BCUT2D eigenvalue weighted by atomic mass is 16.1. The van der Waals surface area contributed by atoms with E-state index in [4.69, 9.17) is 0 Å². The van der Waals surface area contributed by atoms with Crippen LogP contribution in [0.4, 0.5) is 0 Å². The zero-order chi connectivity index (χ0) is 14.2. The molecule has 2 fully saturated rings. The van der Waals surface area contributed by atoms with E-state index >= 15 is 0 Å². The average molecular weight is 272 g/mol. The van der Waals surface area contributed by atoms with Crippen molar-refractivity contribution in [3.8, 4) is 0 Å². The minimum Gasteiger partial charge on any atom is -0.314 e. The van der Waals surface area contributed by atoms with Crippen LogP contribution >= 0.6 is 0 Å². The maximum Gasteiger partial charge on any atom is 0.156 e. The summed E-state index contributed by atoms with van der Waals surface area (Å²) in [6.45, 7) is 8.12. The Kier molecular flexibility index (Phi) is 3.65. The molecule has 1 saturated heterocycles. The number of ketones is 1. The smallest absolute Gasteiger partial charge is 0.156 e. The Hall–Kier alpha value is -1.19. The van der Waals surface area contributed by atoms with Crippen molar-refractivity contribution in [2.45, 2.75) is 31.7 Å². The first-order chi connectivity index (χ1) is 9.60. The lowest BCUT2D eigenvalue weighted by atomic mass is 9.91. The summed E-state index contributed by atoms with van der Waals surface area (Å²) in [7, 11) is 0. The number of rotatable bonds is 4. The molecule has 20 heavy (non-hydrogen) atoms. The highest BCUT2D eigenvalue weighted by Gasteiger charge is 2.50. The molecular formula is C17H24N2O. The van der Waals surface area contributed by atoms with Gasteiger partial charge in [-0.2, -0.15) is 0 Å². The normalized spacial score (nSPS) is 27.3. The Morgan fingerprint density at radius 3 is 2.50 bits per heavy atom. The summed E-state index contributed by atoms with van der Waals surface area (Å²) >= 11 is 0. The van der Waals surface area contributed by atoms with E-state index in [2.05, 4.69) is 48.3 Å². The lowest BCUT2D eigenvalue weighted by Crippen LogP contribution is -2.57. The van der Waals surface area contributed by atoms with Crippen molar-refractivity contribution in [3.63, 3.8) is 0 Å². The molecule has 3 nitrogen and oxygen atoms in total. The molecule has 1 heterocycles. The summed E-state index contributed by atoms with van der Waals surface area (Å²) < 4.78 is 0. The van der Waals surface area contributed by atoms with Crippen molar-refractivity contribution in [3.05, 3.63) is 35.9 Å². The van der Waals surface area contributed by atoms with E-state index in [1.165, 1.54) is 5.56 Å².